The molecule has 0 spiro atoms. The van der Waals surface area contributed by atoms with Crippen LogP contribution >= 0.6 is 0 Å². The van der Waals surface area contributed by atoms with Crippen molar-refractivity contribution in [1.82, 2.24) is 4.98 Å². The average molecular weight is 301 g/mol. The van der Waals surface area contributed by atoms with Crippen molar-refractivity contribution in [2.24, 2.45) is 0 Å². The van der Waals surface area contributed by atoms with Gasteiger partial charge in [0, 0.05) is 13.1 Å². The minimum absolute atomic E-state index is 0.325. The van der Waals surface area contributed by atoms with Gasteiger partial charge < -0.3 is 10.0 Å². The van der Waals surface area contributed by atoms with Crippen LogP contribution in [0.1, 0.15) is 20.3 Å². The number of pyridine rings is 1. The Bertz CT molecular complexity index is 538. The molecule has 2 N–H and O–H groups in total. The van der Waals surface area contributed by atoms with Crippen LogP contribution in [0.5, 0.6) is 0 Å². The lowest BCUT2D eigenvalue weighted by Gasteiger charge is -2.19. The molecule has 1 rings (SSSR count). The third kappa shape index (κ3) is 5.04. The summed E-state index contributed by atoms with van der Waals surface area (Å²) in [6.07, 6.45) is 0.992. The van der Waals surface area contributed by atoms with Crippen molar-refractivity contribution < 1.29 is 18.3 Å². The molecule has 0 amide bonds. The number of carboxylic acid groups (broad SMARTS) is 1. The van der Waals surface area contributed by atoms with Crippen molar-refractivity contribution in [3.05, 3.63) is 18.3 Å². The second-order valence-corrected chi connectivity index (χ2v) is 5.98. The van der Waals surface area contributed by atoms with E-state index in [2.05, 4.69) is 9.71 Å². The molecular formula is C12H19N3O4S. The zero-order valence-electron chi connectivity index (χ0n) is 11.5. The van der Waals surface area contributed by atoms with Crippen LogP contribution in [0.4, 0.5) is 11.5 Å². The summed E-state index contributed by atoms with van der Waals surface area (Å²) < 4.78 is 25.5. The van der Waals surface area contributed by atoms with E-state index in [1.54, 1.807) is 12.1 Å². The van der Waals surface area contributed by atoms with E-state index in [9.17, 15) is 13.2 Å². The molecule has 1 heterocycles. The monoisotopic (exact) mass is 301 g/mol. The quantitative estimate of drug-likeness (QED) is 0.747. The van der Waals surface area contributed by atoms with Gasteiger partial charge in [0.25, 0.3) is 0 Å². The van der Waals surface area contributed by atoms with Crippen molar-refractivity contribution in [1.29, 1.82) is 0 Å². The Labute approximate surface area is 118 Å². The summed E-state index contributed by atoms with van der Waals surface area (Å²) in [6, 6.07) is 3.33. The first-order valence-corrected chi connectivity index (χ1v) is 7.96. The topological polar surface area (TPSA) is 99.6 Å². The van der Waals surface area contributed by atoms with Crippen molar-refractivity contribution in [2.45, 2.75) is 20.3 Å². The van der Waals surface area contributed by atoms with Gasteiger partial charge in [-0.3, -0.25) is 9.52 Å². The van der Waals surface area contributed by atoms with Gasteiger partial charge in [-0.15, -0.1) is 0 Å². The van der Waals surface area contributed by atoms with Gasteiger partial charge in [0.05, 0.1) is 24.1 Å². The van der Waals surface area contributed by atoms with Gasteiger partial charge in [-0.1, -0.05) is 0 Å². The molecule has 112 valence electrons. The van der Waals surface area contributed by atoms with Gasteiger partial charge in [-0.2, -0.15) is 0 Å². The van der Waals surface area contributed by atoms with E-state index in [1.807, 2.05) is 18.7 Å². The number of nitrogens with zero attached hydrogens (tertiary/aromatic N) is 2. The van der Waals surface area contributed by atoms with E-state index in [-0.39, 0.29) is 0 Å². The van der Waals surface area contributed by atoms with Gasteiger partial charge >= 0.3 is 5.97 Å². The Morgan fingerprint density at radius 2 is 2.00 bits per heavy atom. The van der Waals surface area contributed by atoms with Crippen molar-refractivity contribution >= 4 is 27.5 Å². The zero-order valence-corrected chi connectivity index (χ0v) is 12.4. The normalized spacial score (nSPS) is 11.1. The molecule has 0 saturated heterocycles. The van der Waals surface area contributed by atoms with Crippen LogP contribution in [0.25, 0.3) is 0 Å². The molecule has 0 radical (unpaired) electrons. The molecule has 7 nitrogen and oxygen atoms in total. The van der Waals surface area contributed by atoms with Crippen LogP contribution in [0.2, 0.25) is 0 Å². The maximum Gasteiger partial charge on any atom is 0.304 e. The third-order valence-electron chi connectivity index (χ3n) is 2.69. The van der Waals surface area contributed by atoms with E-state index in [1.165, 1.54) is 6.20 Å². The number of hydrogen-bond acceptors (Lipinski definition) is 5. The molecule has 0 saturated carbocycles. The number of nitrogens with one attached hydrogen (secondary N) is 1. The summed E-state index contributed by atoms with van der Waals surface area (Å²) in [5.74, 6) is -0.839. The Hall–Kier alpha value is -1.83. The summed E-state index contributed by atoms with van der Waals surface area (Å²) in [5.41, 5.74) is 0.325. The van der Waals surface area contributed by atoms with Crippen LogP contribution in [0.15, 0.2) is 18.3 Å². The van der Waals surface area contributed by atoms with Gasteiger partial charge in [0.2, 0.25) is 10.0 Å². The van der Waals surface area contributed by atoms with Gasteiger partial charge in [0.1, 0.15) is 5.82 Å². The predicted molar refractivity (Wildman–Crippen MR) is 77.5 cm³/mol. The molecule has 0 aliphatic rings. The second kappa shape index (κ2) is 7.09. The third-order valence-corrected chi connectivity index (χ3v) is 3.98. The van der Waals surface area contributed by atoms with Crippen molar-refractivity contribution in [3.63, 3.8) is 0 Å². The molecule has 0 aliphatic heterocycles. The summed E-state index contributed by atoms with van der Waals surface area (Å²) in [6.45, 7) is 5.64. The van der Waals surface area contributed by atoms with E-state index in [0.717, 1.165) is 18.9 Å². The fourth-order valence-electron chi connectivity index (χ4n) is 1.63. The SMILES string of the molecule is CCN(CC)c1ccc(NS(=O)(=O)CCC(=O)O)cn1. The lowest BCUT2D eigenvalue weighted by atomic mass is 10.4. The molecule has 0 aliphatic carbocycles. The van der Waals surface area contributed by atoms with Crippen LogP contribution in [0.3, 0.4) is 0 Å². The number of sulfonamides is 1. The molecule has 1 aromatic rings. The molecule has 0 bridgehead atoms. The fraction of sp³-hybridized carbons (Fsp3) is 0.500. The second-order valence-electron chi connectivity index (χ2n) is 4.14. The fourth-order valence-corrected chi connectivity index (χ4v) is 2.66. The number of aliphatic carboxylic acids is 1. The minimum Gasteiger partial charge on any atom is -0.481 e. The van der Waals surface area contributed by atoms with E-state index in [4.69, 9.17) is 5.11 Å². The molecule has 0 atom stereocenters. The summed E-state index contributed by atoms with van der Waals surface area (Å²) >= 11 is 0. The number of hydrogen-bond donors (Lipinski definition) is 2. The highest BCUT2D eigenvalue weighted by molar-refractivity contribution is 7.92. The smallest absolute Gasteiger partial charge is 0.304 e. The van der Waals surface area contributed by atoms with Gasteiger partial charge in [0.15, 0.2) is 0 Å². The summed E-state index contributed by atoms with van der Waals surface area (Å²) in [5, 5.41) is 8.48. The Morgan fingerprint density at radius 1 is 1.35 bits per heavy atom. The molecule has 0 unspecified atom stereocenters. The highest BCUT2D eigenvalue weighted by Crippen LogP contribution is 2.15. The van der Waals surface area contributed by atoms with Crippen LogP contribution < -0.4 is 9.62 Å². The first-order chi connectivity index (χ1) is 9.38. The molecule has 8 heteroatoms. The van der Waals surface area contributed by atoms with Gasteiger partial charge in [-0.05, 0) is 26.0 Å². The van der Waals surface area contributed by atoms with Crippen molar-refractivity contribution in [2.75, 3.05) is 28.5 Å². The first-order valence-electron chi connectivity index (χ1n) is 6.31. The molecule has 1 aromatic heterocycles. The molecule has 0 fully saturated rings. The van der Waals surface area contributed by atoms with Gasteiger partial charge in [-0.25, -0.2) is 13.4 Å². The lowest BCUT2D eigenvalue weighted by Crippen LogP contribution is -2.23. The Morgan fingerprint density at radius 3 is 2.45 bits per heavy atom. The van der Waals surface area contributed by atoms with E-state index >= 15 is 0 Å². The van der Waals surface area contributed by atoms with E-state index < -0.39 is 28.2 Å². The minimum atomic E-state index is -3.66. The molecule has 0 aromatic carbocycles. The summed E-state index contributed by atoms with van der Waals surface area (Å²) in [7, 11) is -3.66. The summed E-state index contributed by atoms with van der Waals surface area (Å²) in [4.78, 5) is 16.6. The molecular weight excluding hydrogens is 282 g/mol. The standard InChI is InChI=1S/C12H19N3O4S/c1-3-15(4-2)11-6-5-10(9-13-11)14-20(18,19)8-7-12(16)17/h5-6,9,14H,3-4,7-8H2,1-2H3,(H,16,17). The van der Waals surface area contributed by atoms with Crippen LogP contribution in [-0.2, 0) is 14.8 Å². The van der Waals surface area contributed by atoms with E-state index in [0.29, 0.717) is 5.69 Å². The largest absolute Gasteiger partial charge is 0.481 e. The number of anilines is 2. The highest BCUT2D eigenvalue weighted by atomic mass is 32.2. The van der Waals surface area contributed by atoms with Crippen LogP contribution in [0, 0.1) is 0 Å². The Balaban J connectivity index is 2.72. The molecule has 20 heavy (non-hydrogen) atoms. The predicted octanol–water partition coefficient (Wildman–Crippen LogP) is 1.14. The highest BCUT2D eigenvalue weighted by Gasteiger charge is 2.13. The Kier molecular flexibility index (Phi) is 5.75. The zero-order chi connectivity index (χ0) is 15.2. The van der Waals surface area contributed by atoms with Crippen molar-refractivity contribution in [3.8, 4) is 0 Å². The number of carbonyl (C=O) groups is 1. The van der Waals surface area contributed by atoms with Crippen LogP contribution in [-0.4, -0.2) is 43.3 Å². The lowest BCUT2D eigenvalue weighted by molar-refractivity contribution is -0.136. The first kappa shape index (κ1) is 16.2. The maximum absolute atomic E-state index is 11.6. The number of rotatable bonds is 8. The number of aromatic nitrogens is 1. The maximum atomic E-state index is 11.6. The number of carboxylic acids is 1. The average Bonchev–Trinajstić information content (AvgIpc) is 2.40.